The highest BCUT2D eigenvalue weighted by Gasteiger charge is 2.31. The molecule has 2 fully saturated rings. The second kappa shape index (κ2) is 4.91. The normalized spacial score (nSPS) is 23.8. The van der Waals surface area contributed by atoms with Gasteiger partial charge in [0.2, 0.25) is 0 Å². The van der Waals surface area contributed by atoms with E-state index in [-0.39, 0.29) is 0 Å². The van der Waals surface area contributed by atoms with Gasteiger partial charge >= 0.3 is 0 Å². The molecule has 4 heteroatoms. The van der Waals surface area contributed by atoms with Crippen LogP contribution in [0.15, 0.2) is 22.7 Å². The highest BCUT2D eigenvalue weighted by Crippen LogP contribution is 2.29. The fraction of sp³-hybridized carbons (Fsp3) is 0.500. The molecule has 0 radical (unpaired) electrons. The average molecular weight is 306 g/mol. The third-order valence-corrected chi connectivity index (χ3v) is 4.50. The molecular weight excluding hydrogens is 290 g/mol. The quantitative estimate of drug-likeness (QED) is 0.799. The summed E-state index contributed by atoms with van der Waals surface area (Å²) >= 11 is 3.50. The molecule has 18 heavy (non-hydrogen) atoms. The van der Waals surface area contributed by atoms with Gasteiger partial charge in [-0.05, 0) is 37.6 Å². The molecule has 0 aliphatic carbocycles. The minimum Gasteiger partial charge on any atom is -0.368 e. The maximum Gasteiger partial charge on any atom is 0.101 e. The first-order valence-corrected chi connectivity index (χ1v) is 7.26. The summed E-state index contributed by atoms with van der Waals surface area (Å²) in [7, 11) is 0. The van der Waals surface area contributed by atoms with Crippen LogP contribution >= 0.6 is 15.9 Å². The number of benzene rings is 1. The molecule has 0 saturated carbocycles. The van der Waals surface area contributed by atoms with Gasteiger partial charge in [0.15, 0.2) is 0 Å². The summed E-state index contributed by atoms with van der Waals surface area (Å²) in [4.78, 5) is 4.95. The van der Waals surface area contributed by atoms with Crippen molar-refractivity contribution in [1.82, 2.24) is 4.90 Å². The van der Waals surface area contributed by atoms with Crippen LogP contribution in [-0.4, -0.2) is 37.1 Å². The van der Waals surface area contributed by atoms with Crippen molar-refractivity contribution in [1.29, 1.82) is 5.26 Å². The third kappa shape index (κ3) is 2.13. The molecule has 1 atom stereocenters. The lowest BCUT2D eigenvalue weighted by Crippen LogP contribution is -2.50. The van der Waals surface area contributed by atoms with Gasteiger partial charge in [-0.3, -0.25) is 4.90 Å². The van der Waals surface area contributed by atoms with Crippen LogP contribution in [0.2, 0.25) is 0 Å². The number of anilines is 1. The first kappa shape index (κ1) is 12.0. The van der Waals surface area contributed by atoms with E-state index in [0.717, 1.165) is 35.4 Å². The van der Waals surface area contributed by atoms with Crippen LogP contribution in [0.4, 0.5) is 5.69 Å². The molecule has 2 aliphatic heterocycles. The minimum absolute atomic E-state index is 0.685. The maximum absolute atomic E-state index is 9.23. The van der Waals surface area contributed by atoms with Gasteiger partial charge in [0, 0.05) is 30.1 Å². The highest BCUT2D eigenvalue weighted by atomic mass is 79.9. The minimum atomic E-state index is 0.685. The van der Waals surface area contributed by atoms with Crippen LogP contribution in [0.1, 0.15) is 18.4 Å². The zero-order valence-corrected chi connectivity index (χ0v) is 11.9. The molecule has 2 aliphatic rings. The summed E-state index contributed by atoms with van der Waals surface area (Å²) in [6.45, 7) is 4.47. The van der Waals surface area contributed by atoms with E-state index in [2.05, 4.69) is 37.9 Å². The van der Waals surface area contributed by atoms with Gasteiger partial charge in [-0.2, -0.15) is 5.26 Å². The Balaban J connectivity index is 1.87. The average Bonchev–Trinajstić information content (AvgIpc) is 2.85. The highest BCUT2D eigenvalue weighted by molar-refractivity contribution is 9.10. The van der Waals surface area contributed by atoms with E-state index in [9.17, 15) is 5.26 Å². The molecule has 0 amide bonds. The number of rotatable bonds is 1. The summed E-state index contributed by atoms with van der Waals surface area (Å²) in [5.74, 6) is 0. The van der Waals surface area contributed by atoms with Gasteiger partial charge < -0.3 is 4.90 Å². The molecule has 1 unspecified atom stereocenters. The molecule has 94 valence electrons. The van der Waals surface area contributed by atoms with E-state index in [1.165, 1.54) is 19.4 Å². The topological polar surface area (TPSA) is 30.3 Å². The van der Waals surface area contributed by atoms with Crippen LogP contribution in [0.5, 0.6) is 0 Å². The number of hydrogen-bond acceptors (Lipinski definition) is 3. The van der Waals surface area contributed by atoms with Crippen LogP contribution in [0.25, 0.3) is 0 Å². The smallest absolute Gasteiger partial charge is 0.101 e. The number of hydrogen-bond donors (Lipinski definition) is 0. The summed E-state index contributed by atoms with van der Waals surface area (Å²) in [5, 5.41) is 9.23. The Morgan fingerprint density at radius 2 is 2.17 bits per heavy atom. The molecule has 0 aromatic heterocycles. The first-order chi connectivity index (χ1) is 8.78. The van der Waals surface area contributed by atoms with Crippen molar-refractivity contribution >= 4 is 21.6 Å². The lowest BCUT2D eigenvalue weighted by molar-refractivity contribution is 0.231. The number of piperazine rings is 1. The van der Waals surface area contributed by atoms with Gasteiger partial charge in [-0.1, -0.05) is 15.9 Å². The second-order valence-corrected chi connectivity index (χ2v) is 5.97. The van der Waals surface area contributed by atoms with Crippen molar-refractivity contribution in [2.45, 2.75) is 18.9 Å². The van der Waals surface area contributed by atoms with E-state index >= 15 is 0 Å². The van der Waals surface area contributed by atoms with Crippen LogP contribution < -0.4 is 4.90 Å². The Labute approximate surface area is 116 Å². The Kier molecular flexibility index (Phi) is 3.27. The van der Waals surface area contributed by atoms with Gasteiger partial charge in [0.25, 0.3) is 0 Å². The Hall–Kier alpha value is -1.05. The number of nitriles is 1. The lowest BCUT2D eigenvalue weighted by Gasteiger charge is -2.39. The van der Waals surface area contributed by atoms with Crippen LogP contribution in [0, 0.1) is 11.3 Å². The molecule has 3 rings (SSSR count). The van der Waals surface area contributed by atoms with Crippen molar-refractivity contribution in [2.75, 3.05) is 31.1 Å². The summed E-state index contributed by atoms with van der Waals surface area (Å²) in [6.07, 6.45) is 2.62. The van der Waals surface area contributed by atoms with Crippen molar-refractivity contribution in [3.8, 4) is 6.07 Å². The van der Waals surface area contributed by atoms with E-state index in [4.69, 9.17) is 0 Å². The second-order valence-electron chi connectivity index (χ2n) is 5.05. The Morgan fingerprint density at radius 1 is 1.28 bits per heavy atom. The first-order valence-electron chi connectivity index (χ1n) is 6.46. The van der Waals surface area contributed by atoms with E-state index in [1.54, 1.807) is 0 Å². The Morgan fingerprint density at radius 3 is 3.00 bits per heavy atom. The predicted molar refractivity (Wildman–Crippen MR) is 75.7 cm³/mol. The van der Waals surface area contributed by atoms with E-state index < -0.39 is 0 Å². The molecular formula is C14H16BrN3. The fourth-order valence-corrected chi connectivity index (χ4v) is 3.42. The molecule has 0 bridgehead atoms. The zero-order valence-electron chi connectivity index (χ0n) is 10.3. The van der Waals surface area contributed by atoms with Crippen molar-refractivity contribution in [3.05, 3.63) is 28.2 Å². The largest absolute Gasteiger partial charge is 0.368 e. The lowest BCUT2D eigenvalue weighted by atomic mass is 10.1. The van der Waals surface area contributed by atoms with Gasteiger partial charge in [-0.25, -0.2) is 0 Å². The van der Waals surface area contributed by atoms with Gasteiger partial charge in [-0.15, -0.1) is 0 Å². The molecule has 2 heterocycles. The molecule has 1 aromatic rings. The van der Waals surface area contributed by atoms with Crippen LogP contribution in [0.3, 0.4) is 0 Å². The van der Waals surface area contributed by atoms with Crippen molar-refractivity contribution in [2.24, 2.45) is 0 Å². The van der Waals surface area contributed by atoms with Gasteiger partial charge in [0.1, 0.15) is 6.07 Å². The SMILES string of the molecule is N#Cc1ccc(Br)cc1N1CCN2CCCC2C1. The Bertz CT molecular complexity index is 494. The number of nitrogens with zero attached hydrogens (tertiary/aromatic N) is 3. The van der Waals surface area contributed by atoms with E-state index in [0.29, 0.717) is 6.04 Å². The number of fused-ring (bicyclic) bond motifs is 1. The summed E-state index contributed by atoms with van der Waals surface area (Å²) < 4.78 is 1.05. The summed E-state index contributed by atoms with van der Waals surface area (Å²) in [6, 6.07) is 8.90. The molecule has 3 nitrogen and oxygen atoms in total. The standard InChI is InChI=1S/C14H16BrN3/c15-12-4-3-11(9-16)14(8-12)18-7-6-17-5-1-2-13(17)10-18/h3-4,8,13H,1-2,5-7,10H2. The van der Waals surface area contributed by atoms with Crippen molar-refractivity contribution in [3.63, 3.8) is 0 Å². The maximum atomic E-state index is 9.23. The summed E-state index contributed by atoms with van der Waals surface area (Å²) in [5.41, 5.74) is 1.86. The third-order valence-electron chi connectivity index (χ3n) is 4.01. The number of halogens is 1. The molecule has 1 aromatic carbocycles. The monoisotopic (exact) mass is 305 g/mol. The van der Waals surface area contributed by atoms with Crippen LogP contribution in [-0.2, 0) is 0 Å². The molecule has 0 N–H and O–H groups in total. The zero-order chi connectivity index (χ0) is 12.5. The predicted octanol–water partition coefficient (Wildman–Crippen LogP) is 2.61. The van der Waals surface area contributed by atoms with Gasteiger partial charge in [0.05, 0.1) is 11.3 Å². The van der Waals surface area contributed by atoms with E-state index in [1.807, 2.05) is 12.1 Å². The fourth-order valence-electron chi connectivity index (χ4n) is 3.07. The molecule has 2 saturated heterocycles. The van der Waals surface area contributed by atoms with Crippen molar-refractivity contribution < 1.29 is 0 Å². The molecule has 0 spiro atoms.